The van der Waals surface area contributed by atoms with Crippen molar-refractivity contribution in [1.82, 2.24) is 15.5 Å². The highest BCUT2D eigenvalue weighted by Crippen LogP contribution is 2.22. The highest BCUT2D eigenvalue weighted by molar-refractivity contribution is 5.30. The molecule has 0 bridgehead atoms. The van der Waals surface area contributed by atoms with Crippen LogP contribution >= 0.6 is 0 Å². The van der Waals surface area contributed by atoms with Gasteiger partial charge in [-0.2, -0.15) is 0 Å². The van der Waals surface area contributed by atoms with E-state index in [2.05, 4.69) is 53.9 Å². The van der Waals surface area contributed by atoms with E-state index in [0.717, 1.165) is 26.2 Å². The second-order valence-corrected chi connectivity index (χ2v) is 4.97. The first-order valence-corrected chi connectivity index (χ1v) is 6.44. The lowest BCUT2D eigenvalue weighted by Gasteiger charge is -2.20. The van der Waals surface area contributed by atoms with E-state index in [1.54, 1.807) is 0 Å². The largest absolute Gasteiger partial charge is 0.313 e. The second kappa shape index (κ2) is 6.15. The van der Waals surface area contributed by atoms with E-state index in [1.165, 1.54) is 17.5 Å². The van der Waals surface area contributed by atoms with Crippen LogP contribution in [-0.4, -0.2) is 38.6 Å². The smallest absolute Gasteiger partial charge is 0.0336 e. The van der Waals surface area contributed by atoms with Crippen molar-refractivity contribution in [2.45, 2.75) is 19.0 Å². The van der Waals surface area contributed by atoms with Crippen molar-refractivity contribution in [2.24, 2.45) is 0 Å². The van der Waals surface area contributed by atoms with E-state index < -0.39 is 0 Å². The first-order chi connectivity index (χ1) is 8.27. The number of nitrogens with one attached hydrogen (secondary N) is 2. The molecule has 0 saturated heterocycles. The lowest BCUT2D eigenvalue weighted by molar-refractivity contribution is 0.379. The van der Waals surface area contributed by atoms with Gasteiger partial charge in [0.15, 0.2) is 0 Å². The first-order valence-electron chi connectivity index (χ1n) is 6.44. The van der Waals surface area contributed by atoms with E-state index in [-0.39, 0.29) is 0 Å². The molecule has 1 aliphatic heterocycles. The monoisotopic (exact) mass is 233 g/mol. The Labute approximate surface area is 104 Å². The molecule has 1 atom stereocenters. The van der Waals surface area contributed by atoms with Crippen LogP contribution in [-0.2, 0) is 6.54 Å². The summed E-state index contributed by atoms with van der Waals surface area (Å²) in [5.74, 6) is 0. The average molecular weight is 233 g/mol. The fourth-order valence-corrected chi connectivity index (χ4v) is 2.33. The summed E-state index contributed by atoms with van der Waals surface area (Å²) < 4.78 is 0. The van der Waals surface area contributed by atoms with E-state index in [1.807, 2.05) is 0 Å². The van der Waals surface area contributed by atoms with Crippen molar-refractivity contribution in [1.29, 1.82) is 0 Å². The quantitative estimate of drug-likeness (QED) is 0.822. The maximum atomic E-state index is 3.67. The molecule has 1 heterocycles. The molecule has 2 N–H and O–H groups in total. The van der Waals surface area contributed by atoms with Gasteiger partial charge in [-0.05, 0) is 38.2 Å². The Kier molecular flexibility index (Phi) is 4.54. The lowest BCUT2D eigenvalue weighted by Crippen LogP contribution is -2.30. The molecule has 0 aliphatic carbocycles. The molecule has 0 spiro atoms. The third kappa shape index (κ3) is 3.53. The number of hydrogen-bond acceptors (Lipinski definition) is 3. The zero-order chi connectivity index (χ0) is 12.1. The minimum atomic E-state index is 0.501. The van der Waals surface area contributed by atoms with Gasteiger partial charge in [0.2, 0.25) is 0 Å². The van der Waals surface area contributed by atoms with Gasteiger partial charge >= 0.3 is 0 Å². The summed E-state index contributed by atoms with van der Waals surface area (Å²) in [6.07, 6.45) is 1.17. The molecule has 94 valence electrons. The predicted octanol–water partition coefficient (Wildman–Crippen LogP) is 1.37. The molecule has 0 aromatic heterocycles. The number of fused-ring (bicyclic) bond motifs is 1. The summed E-state index contributed by atoms with van der Waals surface area (Å²) in [5.41, 5.74) is 2.91. The summed E-state index contributed by atoms with van der Waals surface area (Å²) in [4.78, 5) is 2.22. The van der Waals surface area contributed by atoms with E-state index in [4.69, 9.17) is 0 Å². The maximum absolute atomic E-state index is 3.67. The summed E-state index contributed by atoms with van der Waals surface area (Å²) in [5, 5.41) is 7.15. The molecule has 1 aromatic carbocycles. The molecule has 17 heavy (non-hydrogen) atoms. The second-order valence-electron chi connectivity index (χ2n) is 4.97. The van der Waals surface area contributed by atoms with Gasteiger partial charge in [0.05, 0.1) is 0 Å². The first kappa shape index (κ1) is 12.6. The fraction of sp³-hybridized carbons (Fsp3) is 0.571. The Bertz CT molecular complexity index is 349. The van der Waals surface area contributed by atoms with Crippen LogP contribution in [0, 0.1) is 0 Å². The van der Waals surface area contributed by atoms with E-state index >= 15 is 0 Å². The van der Waals surface area contributed by atoms with Crippen molar-refractivity contribution in [3.8, 4) is 0 Å². The van der Waals surface area contributed by atoms with Crippen molar-refractivity contribution >= 4 is 0 Å². The number of nitrogens with zero attached hydrogens (tertiary/aromatic N) is 1. The third-order valence-electron chi connectivity index (χ3n) is 3.31. The highest BCUT2D eigenvalue weighted by atomic mass is 15.1. The normalized spacial score (nSPS) is 20.1. The molecule has 1 aliphatic rings. The van der Waals surface area contributed by atoms with Gasteiger partial charge in [0.1, 0.15) is 0 Å². The molecule has 0 radical (unpaired) electrons. The molecule has 0 saturated carbocycles. The molecule has 0 amide bonds. The van der Waals surface area contributed by atoms with Gasteiger partial charge in [-0.25, -0.2) is 0 Å². The van der Waals surface area contributed by atoms with Crippen molar-refractivity contribution in [3.63, 3.8) is 0 Å². The van der Waals surface area contributed by atoms with Crippen LogP contribution in [0.15, 0.2) is 24.3 Å². The van der Waals surface area contributed by atoms with Crippen LogP contribution in [0.2, 0.25) is 0 Å². The van der Waals surface area contributed by atoms with Crippen LogP contribution in [0.3, 0.4) is 0 Å². The van der Waals surface area contributed by atoms with E-state index in [9.17, 15) is 0 Å². The zero-order valence-electron chi connectivity index (χ0n) is 10.9. The van der Waals surface area contributed by atoms with Gasteiger partial charge < -0.3 is 15.5 Å². The molecule has 3 heteroatoms. The van der Waals surface area contributed by atoms with Crippen molar-refractivity contribution in [3.05, 3.63) is 35.4 Å². The number of hydrogen-bond donors (Lipinski definition) is 2. The van der Waals surface area contributed by atoms with Crippen LogP contribution < -0.4 is 10.6 Å². The van der Waals surface area contributed by atoms with Gasteiger partial charge in [-0.3, -0.25) is 0 Å². The van der Waals surface area contributed by atoms with Crippen LogP contribution in [0.4, 0.5) is 0 Å². The molecule has 1 unspecified atom stereocenters. The summed E-state index contributed by atoms with van der Waals surface area (Å²) in [7, 11) is 4.23. The maximum Gasteiger partial charge on any atom is 0.0336 e. The van der Waals surface area contributed by atoms with Crippen LogP contribution in [0.1, 0.15) is 23.6 Å². The molecule has 2 rings (SSSR count). The Hall–Kier alpha value is -0.900. The molecule has 3 nitrogen and oxygen atoms in total. The van der Waals surface area contributed by atoms with Crippen molar-refractivity contribution in [2.75, 3.05) is 33.7 Å². The molecule has 1 aromatic rings. The Morgan fingerprint density at radius 1 is 1.35 bits per heavy atom. The molecule has 0 fully saturated rings. The highest BCUT2D eigenvalue weighted by Gasteiger charge is 2.16. The summed E-state index contributed by atoms with van der Waals surface area (Å²) >= 11 is 0. The minimum Gasteiger partial charge on any atom is -0.313 e. The Morgan fingerprint density at radius 3 is 3.00 bits per heavy atom. The topological polar surface area (TPSA) is 27.3 Å². The van der Waals surface area contributed by atoms with Crippen LogP contribution in [0.25, 0.3) is 0 Å². The summed E-state index contributed by atoms with van der Waals surface area (Å²) in [6.45, 7) is 4.23. The van der Waals surface area contributed by atoms with E-state index in [0.29, 0.717) is 6.04 Å². The predicted molar refractivity (Wildman–Crippen MR) is 72.1 cm³/mol. The zero-order valence-corrected chi connectivity index (χ0v) is 10.9. The standard InChI is InChI=1S/C14H23N3/c1-17(2)10-9-16-14-7-8-15-11-12-5-3-4-6-13(12)14/h3-6,14-16H,7-11H2,1-2H3. The van der Waals surface area contributed by atoms with Gasteiger partial charge in [-0.15, -0.1) is 0 Å². The Balaban J connectivity index is 2.01. The average Bonchev–Trinajstić information content (AvgIpc) is 2.52. The number of benzene rings is 1. The fourth-order valence-electron chi connectivity index (χ4n) is 2.33. The molecular weight excluding hydrogens is 210 g/mol. The van der Waals surface area contributed by atoms with Crippen molar-refractivity contribution < 1.29 is 0 Å². The Morgan fingerprint density at radius 2 is 2.18 bits per heavy atom. The van der Waals surface area contributed by atoms with Crippen LogP contribution in [0.5, 0.6) is 0 Å². The molecular formula is C14H23N3. The number of rotatable bonds is 4. The van der Waals surface area contributed by atoms with Gasteiger partial charge in [0.25, 0.3) is 0 Å². The summed E-state index contributed by atoms with van der Waals surface area (Å²) in [6, 6.07) is 9.26. The SMILES string of the molecule is CN(C)CCNC1CCNCc2ccccc21. The lowest BCUT2D eigenvalue weighted by atomic mass is 9.99. The van der Waals surface area contributed by atoms with Gasteiger partial charge in [-0.1, -0.05) is 24.3 Å². The van der Waals surface area contributed by atoms with Gasteiger partial charge in [0, 0.05) is 25.7 Å². The third-order valence-corrected chi connectivity index (χ3v) is 3.31. The minimum absolute atomic E-state index is 0.501. The number of likely N-dealkylation sites (N-methyl/N-ethyl adjacent to an activating group) is 1.